The van der Waals surface area contributed by atoms with Crippen molar-refractivity contribution in [2.45, 2.75) is 37.8 Å². The summed E-state index contributed by atoms with van der Waals surface area (Å²) >= 11 is 0. The molecule has 10 heteroatoms. The lowest BCUT2D eigenvalue weighted by Crippen LogP contribution is -2.43. The molecule has 1 aromatic heterocycles. The molecule has 0 saturated carbocycles. The van der Waals surface area contributed by atoms with Crippen LogP contribution in [0.3, 0.4) is 0 Å². The van der Waals surface area contributed by atoms with Crippen molar-refractivity contribution in [3.63, 3.8) is 0 Å². The molecule has 0 bridgehead atoms. The van der Waals surface area contributed by atoms with E-state index in [9.17, 15) is 22.8 Å². The van der Waals surface area contributed by atoms with Gasteiger partial charge in [-0.2, -0.15) is 0 Å². The van der Waals surface area contributed by atoms with E-state index in [1.165, 1.54) is 29.8 Å². The second kappa shape index (κ2) is 8.95. The molecule has 9 nitrogen and oxygen atoms in total. The first-order valence-electron chi connectivity index (χ1n) is 10.7. The molecule has 0 radical (unpaired) electrons. The van der Waals surface area contributed by atoms with Gasteiger partial charge < -0.3 is 4.90 Å². The number of carbonyl (C=O) groups is 1. The lowest BCUT2D eigenvalue weighted by molar-refractivity contribution is -0.130. The maximum atomic E-state index is 13.1. The summed E-state index contributed by atoms with van der Waals surface area (Å²) in [5.41, 5.74) is 0.823. The maximum Gasteiger partial charge on any atom is 0.331 e. The van der Waals surface area contributed by atoms with E-state index in [4.69, 9.17) is 0 Å². The van der Waals surface area contributed by atoms with Gasteiger partial charge in [-0.25, -0.2) is 17.9 Å². The van der Waals surface area contributed by atoms with E-state index in [1.54, 1.807) is 4.90 Å². The van der Waals surface area contributed by atoms with Crippen molar-refractivity contribution in [2.24, 2.45) is 7.05 Å². The van der Waals surface area contributed by atoms with Crippen LogP contribution >= 0.6 is 0 Å². The first kappa shape index (κ1) is 22.9. The van der Waals surface area contributed by atoms with Gasteiger partial charge in [0.1, 0.15) is 6.54 Å². The Morgan fingerprint density at radius 2 is 1.79 bits per heavy atom. The fourth-order valence-corrected chi connectivity index (χ4v) is 5.13. The Bertz CT molecular complexity index is 1450. The van der Waals surface area contributed by atoms with Crippen molar-refractivity contribution in [1.82, 2.24) is 18.8 Å². The van der Waals surface area contributed by atoms with E-state index in [1.807, 2.05) is 31.2 Å². The fraction of sp³-hybridized carbons (Fsp3) is 0.348. The second-order valence-electron chi connectivity index (χ2n) is 8.31. The normalized spacial score (nSPS) is 14.2. The highest BCUT2D eigenvalue weighted by atomic mass is 32.2. The quantitative estimate of drug-likeness (QED) is 0.580. The topological polar surface area (TPSA) is 110 Å². The zero-order chi connectivity index (χ0) is 23.8. The van der Waals surface area contributed by atoms with E-state index >= 15 is 0 Å². The fourth-order valence-electron chi connectivity index (χ4n) is 4.09. The Morgan fingerprint density at radius 3 is 2.48 bits per heavy atom. The number of fused-ring (bicyclic) bond motifs is 1. The maximum absolute atomic E-state index is 13.1. The molecule has 33 heavy (non-hydrogen) atoms. The van der Waals surface area contributed by atoms with Crippen LogP contribution in [-0.2, 0) is 35.0 Å². The zero-order valence-corrected chi connectivity index (χ0v) is 19.4. The first-order chi connectivity index (χ1) is 15.7. The summed E-state index contributed by atoms with van der Waals surface area (Å²) in [6, 6.07) is 11.5. The number of rotatable bonds is 6. The molecule has 4 rings (SSSR count). The van der Waals surface area contributed by atoms with Gasteiger partial charge in [-0.1, -0.05) is 29.8 Å². The van der Waals surface area contributed by atoms with Gasteiger partial charge in [0.15, 0.2) is 0 Å². The van der Waals surface area contributed by atoms with Gasteiger partial charge in [0.2, 0.25) is 15.9 Å². The summed E-state index contributed by atoms with van der Waals surface area (Å²) in [6.07, 6.45) is 1.79. The number of amides is 1. The van der Waals surface area contributed by atoms with Gasteiger partial charge in [0, 0.05) is 26.7 Å². The SMILES string of the molecule is Cc1cccc(CNS(=O)(=O)c2ccc3c(c2)c(=O)n(CC(=O)N2CCCC2)c(=O)n3C)c1. The number of nitrogens with zero attached hydrogens (tertiary/aromatic N) is 3. The van der Waals surface area contributed by atoms with E-state index < -0.39 is 21.3 Å². The van der Waals surface area contributed by atoms with Gasteiger partial charge in [0.25, 0.3) is 5.56 Å². The van der Waals surface area contributed by atoms with Crippen LogP contribution < -0.4 is 16.0 Å². The molecular weight excluding hydrogens is 444 g/mol. The molecule has 1 fully saturated rings. The third-order valence-electron chi connectivity index (χ3n) is 5.93. The van der Waals surface area contributed by atoms with Crippen LogP contribution in [0.5, 0.6) is 0 Å². The number of benzene rings is 2. The van der Waals surface area contributed by atoms with Gasteiger partial charge in [0.05, 0.1) is 15.8 Å². The number of carbonyl (C=O) groups excluding carboxylic acids is 1. The lowest BCUT2D eigenvalue weighted by Gasteiger charge is -2.17. The molecule has 1 aliphatic rings. The molecule has 1 N–H and O–H groups in total. The lowest BCUT2D eigenvalue weighted by atomic mass is 10.1. The summed E-state index contributed by atoms with van der Waals surface area (Å²) in [6.45, 7) is 2.87. The predicted octanol–water partition coefficient (Wildman–Crippen LogP) is 1.11. The number of hydrogen-bond donors (Lipinski definition) is 1. The summed E-state index contributed by atoms with van der Waals surface area (Å²) in [4.78, 5) is 40.0. The van der Waals surface area contributed by atoms with Crippen LogP contribution in [-0.4, -0.2) is 41.4 Å². The van der Waals surface area contributed by atoms with Crippen molar-refractivity contribution in [2.75, 3.05) is 13.1 Å². The van der Waals surface area contributed by atoms with Gasteiger partial charge in [-0.05, 0) is 43.5 Å². The van der Waals surface area contributed by atoms with Crippen molar-refractivity contribution in [1.29, 1.82) is 0 Å². The molecule has 0 atom stereocenters. The average Bonchev–Trinajstić information content (AvgIpc) is 3.34. The smallest absolute Gasteiger partial charge is 0.331 e. The molecule has 1 saturated heterocycles. The van der Waals surface area contributed by atoms with E-state index in [0.717, 1.165) is 28.5 Å². The Balaban J connectivity index is 1.69. The van der Waals surface area contributed by atoms with E-state index in [-0.39, 0.29) is 29.3 Å². The number of nitrogens with one attached hydrogen (secondary N) is 1. The molecule has 3 aromatic rings. The molecule has 1 aliphatic heterocycles. The van der Waals surface area contributed by atoms with Crippen LogP contribution in [0.2, 0.25) is 0 Å². The Morgan fingerprint density at radius 1 is 1.06 bits per heavy atom. The van der Waals surface area contributed by atoms with E-state index in [0.29, 0.717) is 18.6 Å². The number of sulfonamides is 1. The zero-order valence-electron chi connectivity index (χ0n) is 18.6. The van der Waals surface area contributed by atoms with Crippen LogP contribution in [0.15, 0.2) is 56.9 Å². The summed E-state index contributed by atoms with van der Waals surface area (Å²) in [7, 11) is -2.42. The highest BCUT2D eigenvalue weighted by Crippen LogP contribution is 2.16. The molecule has 174 valence electrons. The average molecular weight is 471 g/mol. The highest BCUT2D eigenvalue weighted by molar-refractivity contribution is 7.89. The molecule has 0 unspecified atom stereocenters. The highest BCUT2D eigenvalue weighted by Gasteiger charge is 2.22. The minimum absolute atomic E-state index is 0.0600. The summed E-state index contributed by atoms with van der Waals surface area (Å²) in [5, 5.41) is 0.0600. The molecule has 1 amide bonds. The molecule has 2 aromatic carbocycles. The second-order valence-corrected chi connectivity index (χ2v) is 10.1. The van der Waals surface area contributed by atoms with Crippen LogP contribution in [0.25, 0.3) is 10.9 Å². The van der Waals surface area contributed by atoms with Crippen LogP contribution in [0.1, 0.15) is 24.0 Å². The molecule has 0 aliphatic carbocycles. The first-order valence-corrected chi connectivity index (χ1v) is 12.2. The number of aryl methyl sites for hydroxylation is 2. The van der Waals surface area contributed by atoms with Gasteiger partial charge in [-0.15, -0.1) is 0 Å². The summed E-state index contributed by atoms with van der Waals surface area (Å²) in [5.74, 6) is -0.297. The van der Waals surface area contributed by atoms with Crippen LogP contribution in [0.4, 0.5) is 0 Å². The van der Waals surface area contributed by atoms with Crippen molar-refractivity contribution < 1.29 is 13.2 Å². The van der Waals surface area contributed by atoms with Crippen LogP contribution in [0, 0.1) is 6.92 Å². The third-order valence-corrected chi connectivity index (χ3v) is 7.33. The number of likely N-dealkylation sites (tertiary alicyclic amines) is 1. The number of aromatic nitrogens is 2. The minimum Gasteiger partial charge on any atom is -0.341 e. The third kappa shape index (κ3) is 4.62. The van der Waals surface area contributed by atoms with Gasteiger partial charge in [-0.3, -0.25) is 18.7 Å². The van der Waals surface area contributed by atoms with E-state index in [2.05, 4.69) is 4.72 Å². The molecular formula is C23H26N4O5S. The summed E-state index contributed by atoms with van der Waals surface area (Å²) < 4.78 is 30.4. The molecule has 0 spiro atoms. The van der Waals surface area contributed by atoms with Gasteiger partial charge >= 0.3 is 5.69 Å². The largest absolute Gasteiger partial charge is 0.341 e. The van der Waals surface area contributed by atoms with Crippen molar-refractivity contribution in [3.05, 3.63) is 74.4 Å². The Hall–Kier alpha value is -3.24. The monoisotopic (exact) mass is 470 g/mol. The van der Waals surface area contributed by atoms with Crippen molar-refractivity contribution >= 4 is 26.8 Å². The standard InChI is InChI=1S/C23H26N4O5S/c1-16-6-5-7-17(12-16)14-24-33(31,32)18-8-9-20-19(13-18)22(29)27(23(30)25(20)2)15-21(28)26-10-3-4-11-26/h5-9,12-13,24H,3-4,10-11,14-15H2,1-2H3. The molecule has 2 heterocycles. The Labute approximate surface area is 191 Å². The predicted molar refractivity (Wildman–Crippen MR) is 124 cm³/mol. The minimum atomic E-state index is -3.91. The Kier molecular flexibility index (Phi) is 6.22. The number of hydrogen-bond acceptors (Lipinski definition) is 5. The van der Waals surface area contributed by atoms with Crippen molar-refractivity contribution in [3.8, 4) is 0 Å².